The first-order chi connectivity index (χ1) is 8.80. The SMILES string of the molecule is CCN(CC)CCc1[nH]c2ccccc2c1C=O. The van der Waals surface area contributed by atoms with Gasteiger partial charge in [-0.2, -0.15) is 0 Å². The van der Waals surface area contributed by atoms with Crippen LogP contribution >= 0.6 is 0 Å². The second-order valence-corrected chi connectivity index (χ2v) is 4.46. The third-order valence-electron chi connectivity index (χ3n) is 3.52. The van der Waals surface area contributed by atoms with Crippen molar-refractivity contribution in [2.75, 3.05) is 19.6 Å². The minimum Gasteiger partial charge on any atom is -0.358 e. The zero-order valence-electron chi connectivity index (χ0n) is 11.1. The molecular formula is C15H20N2O. The molecule has 0 saturated carbocycles. The molecule has 1 heterocycles. The van der Waals surface area contributed by atoms with Crippen molar-refractivity contribution in [1.82, 2.24) is 9.88 Å². The number of carbonyl (C=O) groups excluding carboxylic acids is 1. The van der Waals surface area contributed by atoms with E-state index in [9.17, 15) is 4.79 Å². The molecule has 2 aromatic rings. The molecule has 0 spiro atoms. The molecule has 2 rings (SSSR count). The Labute approximate surface area is 108 Å². The monoisotopic (exact) mass is 244 g/mol. The highest BCUT2D eigenvalue weighted by Crippen LogP contribution is 2.21. The molecule has 3 heteroatoms. The fourth-order valence-corrected chi connectivity index (χ4v) is 2.36. The van der Waals surface area contributed by atoms with Crippen molar-refractivity contribution in [3.8, 4) is 0 Å². The van der Waals surface area contributed by atoms with E-state index in [1.165, 1.54) is 0 Å². The van der Waals surface area contributed by atoms with Crippen LogP contribution in [0.3, 0.4) is 0 Å². The van der Waals surface area contributed by atoms with Crippen LogP contribution in [-0.4, -0.2) is 35.8 Å². The van der Waals surface area contributed by atoms with Crippen LogP contribution in [0.1, 0.15) is 29.9 Å². The molecule has 0 radical (unpaired) electrons. The van der Waals surface area contributed by atoms with Gasteiger partial charge in [-0.15, -0.1) is 0 Å². The summed E-state index contributed by atoms with van der Waals surface area (Å²) in [6.07, 6.45) is 1.86. The lowest BCUT2D eigenvalue weighted by atomic mass is 10.1. The molecule has 1 aromatic carbocycles. The maximum Gasteiger partial charge on any atom is 0.152 e. The Bertz CT molecular complexity index is 526. The first kappa shape index (κ1) is 12.8. The molecule has 0 aliphatic carbocycles. The third kappa shape index (κ3) is 2.46. The first-order valence-electron chi connectivity index (χ1n) is 6.57. The van der Waals surface area contributed by atoms with Gasteiger partial charge in [0.1, 0.15) is 0 Å². The number of aldehydes is 1. The van der Waals surface area contributed by atoms with E-state index in [0.717, 1.165) is 54.5 Å². The van der Waals surface area contributed by atoms with E-state index < -0.39 is 0 Å². The summed E-state index contributed by atoms with van der Waals surface area (Å²) in [6, 6.07) is 7.97. The Balaban J connectivity index is 2.24. The van der Waals surface area contributed by atoms with Gasteiger partial charge in [0.05, 0.1) is 0 Å². The zero-order chi connectivity index (χ0) is 13.0. The molecule has 0 atom stereocenters. The van der Waals surface area contributed by atoms with Crippen LogP contribution < -0.4 is 0 Å². The molecule has 0 amide bonds. The third-order valence-corrected chi connectivity index (χ3v) is 3.52. The minimum absolute atomic E-state index is 0.817. The summed E-state index contributed by atoms with van der Waals surface area (Å²) in [6.45, 7) is 7.41. The fraction of sp³-hybridized carbons (Fsp3) is 0.400. The first-order valence-corrected chi connectivity index (χ1v) is 6.57. The Hall–Kier alpha value is -1.61. The van der Waals surface area contributed by atoms with Gasteiger partial charge in [-0.3, -0.25) is 4.79 Å². The van der Waals surface area contributed by atoms with E-state index in [2.05, 4.69) is 23.7 Å². The lowest BCUT2D eigenvalue weighted by Gasteiger charge is -2.17. The highest BCUT2D eigenvalue weighted by molar-refractivity contribution is 5.98. The molecule has 0 fully saturated rings. The lowest BCUT2D eigenvalue weighted by Crippen LogP contribution is -2.25. The van der Waals surface area contributed by atoms with Gasteiger partial charge in [-0.1, -0.05) is 32.0 Å². The van der Waals surface area contributed by atoms with Crippen LogP contribution in [0, 0.1) is 0 Å². The smallest absolute Gasteiger partial charge is 0.152 e. The second-order valence-electron chi connectivity index (χ2n) is 4.46. The maximum atomic E-state index is 11.3. The summed E-state index contributed by atoms with van der Waals surface area (Å²) in [4.78, 5) is 17.0. The lowest BCUT2D eigenvalue weighted by molar-refractivity contribution is 0.112. The number of fused-ring (bicyclic) bond motifs is 1. The molecule has 1 N–H and O–H groups in total. The topological polar surface area (TPSA) is 36.1 Å². The van der Waals surface area contributed by atoms with E-state index in [1.54, 1.807) is 0 Å². The number of hydrogen-bond acceptors (Lipinski definition) is 2. The zero-order valence-corrected chi connectivity index (χ0v) is 11.1. The Morgan fingerprint density at radius 2 is 1.94 bits per heavy atom. The van der Waals surface area contributed by atoms with Crippen molar-refractivity contribution < 1.29 is 4.79 Å². The summed E-state index contributed by atoms with van der Waals surface area (Å²) in [5.41, 5.74) is 2.92. The number of aromatic nitrogens is 1. The van der Waals surface area contributed by atoms with E-state index in [4.69, 9.17) is 0 Å². The molecule has 0 saturated heterocycles. The van der Waals surface area contributed by atoms with Crippen LogP contribution in [0.4, 0.5) is 0 Å². The molecular weight excluding hydrogens is 224 g/mol. The van der Waals surface area contributed by atoms with Gasteiger partial charge < -0.3 is 9.88 Å². The van der Waals surface area contributed by atoms with Crippen LogP contribution in [0.15, 0.2) is 24.3 Å². The quantitative estimate of drug-likeness (QED) is 0.793. The number of rotatable bonds is 6. The normalized spacial score (nSPS) is 11.3. The molecule has 0 unspecified atom stereocenters. The molecule has 18 heavy (non-hydrogen) atoms. The molecule has 1 aromatic heterocycles. The van der Waals surface area contributed by atoms with Gasteiger partial charge in [0.25, 0.3) is 0 Å². The van der Waals surface area contributed by atoms with Crippen LogP contribution in [0.2, 0.25) is 0 Å². The van der Waals surface area contributed by atoms with E-state index in [0.29, 0.717) is 0 Å². The number of hydrogen-bond donors (Lipinski definition) is 1. The van der Waals surface area contributed by atoms with E-state index in [1.807, 2.05) is 24.3 Å². The van der Waals surface area contributed by atoms with Gasteiger partial charge in [0.15, 0.2) is 6.29 Å². The number of benzene rings is 1. The highest BCUT2D eigenvalue weighted by atomic mass is 16.1. The second kappa shape index (κ2) is 5.83. The van der Waals surface area contributed by atoms with Crippen LogP contribution in [0.25, 0.3) is 10.9 Å². The number of H-pyrrole nitrogens is 1. The standard InChI is InChI=1S/C15H20N2O/c1-3-17(4-2)10-9-15-13(11-18)12-7-5-6-8-14(12)16-15/h5-8,11,16H,3-4,9-10H2,1-2H3. The van der Waals surface area contributed by atoms with Gasteiger partial charge in [0.2, 0.25) is 0 Å². The Morgan fingerprint density at radius 1 is 1.22 bits per heavy atom. The van der Waals surface area contributed by atoms with Crippen molar-refractivity contribution in [3.05, 3.63) is 35.5 Å². The molecule has 3 nitrogen and oxygen atoms in total. The number of likely N-dealkylation sites (N-methyl/N-ethyl adjacent to an activating group) is 1. The van der Waals surface area contributed by atoms with Crippen molar-refractivity contribution in [3.63, 3.8) is 0 Å². The number of para-hydroxylation sites is 1. The van der Waals surface area contributed by atoms with Gasteiger partial charge in [-0.05, 0) is 19.2 Å². The average molecular weight is 244 g/mol. The summed E-state index contributed by atoms with van der Waals surface area (Å²) in [7, 11) is 0. The van der Waals surface area contributed by atoms with Gasteiger partial charge >= 0.3 is 0 Å². The number of carbonyl (C=O) groups is 1. The van der Waals surface area contributed by atoms with Crippen molar-refractivity contribution >= 4 is 17.2 Å². The predicted molar refractivity (Wildman–Crippen MR) is 75.2 cm³/mol. The summed E-state index contributed by atoms with van der Waals surface area (Å²) in [5.74, 6) is 0. The van der Waals surface area contributed by atoms with Crippen LogP contribution in [-0.2, 0) is 6.42 Å². The Morgan fingerprint density at radius 3 is 2.61 bits per heavy atom. The summed E-state index contributed by atoms with van der Waals surface area (Å²) in [5, 5.41) is 1.03. The van der Waals surface area contributed by atoms with Crippen molar-refractivity contribution in [1.29, 1.82) is 0 Å². The van der Waals surface area contributed by atoms with Gasteiger partial charge in [-0.25, -0.2) is 0 Å². The van der Waals surface area contributed by atoms with Crippen molar-refractivity contribution in [2.45, 2.75) is 20.3 Å². The van der Waals surface area contributed by atoms with Crippen LogP contribution in [0.5, 0.6) is 0 Å². The number of aromatic amines is 1. The van der Waals surface area contributed by atoms with Crippen molar-refractivity contribution in [2.24, 2.45) is 0 Å². The maximum absolute atomic E-state index is 11.3. The largest absolute Gasteiger partial charge is 0.358 e. The molecule has 0 aliphatic rings. The summed E-state index contributed by atoms with van der Waals surface area (Å²) < 4.78 is 0. The van der Waals surface area contributed by atoms with E-state index >= 15 is 0 Å². The minimum atomic E-state index is 0.817. The fourth-order valence-electron chi connectivity index (χ4n) is 2.36. The van der Waals surface area contributed by atoms with E-state index in [-0.39, 0.29) is 0 Å². The highest BCUT2D eigenvalue weighted by Gasteiger charge is 2.10. The number of nitrogens with zero attached hydrogens (tertiary/aromatic N) is 1. The molecule has 0 bridgehead atoms. The molecule has 96 valence electrons. The predicted octanol–water partition coefficient (Wildman–Crippen LogP) is 2.86. The molecule has 0 aliphatic heterocycles. The number of nitrogens with one attached hydrogen (secondary N) is 1. The Kier molecular flexibility index (Phi) is 4.15. The summed E-state index contributed by atoms with van der Waals surface area (Å²) >= 11 is 0. The average Bonchev–Trinajstić information content (AvgIpc) is 2.77. The van der Waals surface area contributed by atoms with Gasteiger partial charge in [0, 0.05) is 35.1 Å².